The highest BCUT2D eigenvalue weighted by Crippen LogP contribution is 2.05. The van der Waals surface area contributed by atoms with Crippen molar-refractivity contribution >= 4 is 23.3 Å². The summed E-state index contributed by atoms with van der Waals surface area (Å²) in [6.07, 6.45) is -0.274. The third kappa shape index (κ3) is 4.86. The summed E-state index contributed by atoms with van der Waals surface area (Å²) in [5.41, 5.74) is 1.11. The second kappa shape index (κ2) is 7.73. The fourth-order valence-electron chi connectivity index (χ4n) is 1.84. The lowest BCUT2D eigenvalue weighted by Crippen LogP contribution is -2.31. The van der Waals surface area contributed by atoms with Crippen molar-refractivity contribution in [1.29, 1.82) is 0 Å². The van der Waals surface area contributed by atoms with Gasteiger partial charge in [-0.3, -0.25) is 14.4 Å². The van der Waals surface area contributed by atoms with Gasteiger partial charge in [0.15, 0.2) is 5.78 Å². The Morgan fingerprint density at radius 3 is 2.05 bits per heavy atom. The monoisotopic (exact) mass is 296 g/mol. The van der Waals surface area contributed by atoms with Gasteiger partial charge >= 0.3 is 0 Å². The van der Waals surface area contributed by atoms with Crippen LogP contribution in [0, 0.1) is 0 Å². The largest absolute Gasteiger partial charge is 0.345 e. The van der Waals surface area contributed by atoms with Gasteiger partial charge in [0.1, 0.15) is 0 Å². The molecule has 0 fully saturated rings. The molecule has 0 unspecified atom stereocenters. The molecule has 0 spiro atoms. The van der Waals surface area contributed by atoms with Crippen LogP contribution in [-0.2, 0) is 9.59 Å². The molecule has 2 N–H and O–H groups in total. The van der Waals surface area contributed by atoms with Crippen LogP contribution < -0.4 is 10.6 Å². The Balaban J connectivity index is 1.76. The van der Waals surface area contributed by atoms with E-state index in [1.807, 2.05) is 6.07 Å². The Labute approximate surface area is 128 Å². The minimum absolute atomic E-state index is 0.171. The van der Waals surface area contributed by atoms with Crippen molar-refractivity contribution in [2.24, 2.45) is 0 Å². The molecule has 0 saturated carbocycles. The van der Waals surface area contributed by atoms with E-state index in [9.17, 15) is 14.4 Å². The van der Waals surface area contributed by atoms with Crippen LogP contribution in [0.1, 0.15) is 16.8 Å². The van der Waals surface area contributed by atoms with Crippen LogP contribution >= 0.6 is 0 Å². The molecular weight excluding hydrogens is 280 g/mol. The van der Waals surface area contributed by atoms with Crippen molar-refractivity contribution in [3.8, 4) is 0 Å². The maximum absolute atomic E-state index is 11.8. The number of nitrogens with one attached hydrogen (secondary N) is 2. The van der Waals surface area contributed by atoms with Crippen LogP contribution in [0.25, 0.3) is 0 Å². The quantitative estimate of drug-likeness (QED) is 0.801. The van der Waals surface area contributed by atoms with E-state index in [4.69, 9.17) is 0 Å². The molecule has 2 rings (SSSR count). The molecule has 0 atom stereocenters. The fourth-order valence-corrected chi connectivity index (χ4v) is 1.84. The lowest BCUT2D eigenvalue weighted by molar-refractivity contribution is -0.124. The highest BCUT2D eigenvalue weighted by molar-refractivity contribution is 6.06. The maximum atomic E-state index is 11.8. The molecule has 5 heteroatoms. The van der Waals surface area contributed by atoms with Gasteiger partial charge in [0.2, 0.25) is 5.91 Å². The number of hydrogen-bond donors (Lipinski definition) is 2. The Kier molecular flexibility index (Phi) is 5.43. The van der Waals surface area contributed by atoms with Gasteiger partial charge in [0.05, 0.1) is 13.0 Å². The molecular formula is C17H16N2O3. The van der Waals surface area contributed by atoms with Gasteiger partial charge in [0.25, 0.3) is 5.91 Å². The van der Waals surface area contributed by atoms with E-state index < -0.39 is 5.91 Å². The van der Waals surface area contributed by atoms with Gasteiger partial charge in [-0.1, -0.05) is 36.4 Å². The number of ketones is 1. The molecule has 112 valence electrons. The lowest BCUT2D eigenvalue weighted by atomic mass is 10.2. The number of rotatable bonds is 6. The highest BCUT2D eigenvalue weighted by atomic mass is 16.2. The summed E-state index contributed by atoms with van der Waals surface area (Å²) in [5, 5.41) is 5.12. The first-order valence-corrected chi connectivity index (χ1v) is 6.85. The van der Waals surface area contributed by atoms with Gasteiger partial charge in [-0.15, -0.1) is 0 Å². The van der Waals surface area contributed by atoms with E-state index in [0.717, 1.165) is 0 Å². The molecule has 0 heterocycles. The van der Waals surface area contributed by atoms with Gasteiger partial charge in [-0.2, -0.15) is 0 Å². The number of Topliss-reactive ketones (excluding diaryl/α,β-unsaturated/α-hetero) is 1. The van der Waals surface area contributed by atoms with Crippen molar-refractivity contribution < 1.29 is 14.4 Å². The summed E-state index contributed by atoms with van der Waals surface area (Å²) in [6.45, 7) is -0.171. The van der Waals surface area contributed by atoms with Crippen LogP contribution in [0.3, 0.4) is 0 Å². The standard InChI is InChI=1S/C17H16N2O3/c20-15(11-16(21)19-14-9-5-2-6-10-14)12-18-17(22)13-7-3-1-4-8-13/h1-10H,11-12H2,(H,18,22)(H,19,21). The molecule has 0 aromatic heterocycles. The number of para-hydroxylation sites is 1. The Morgan fingerprint density at radius 2 is 1.41 bits per heavy atom. The molecule has 0 aliphatic carbocycles. The van der Waals surface area contributed by atoms with Gasteiger partial charge in [-0.25, -0.2) is 0 Å². The van der Waals surface area contributed by atoms with Crippen LogP contribution in [-0.4, -0.2) is 24.1 Å². The van der Waals surface area contributed by atoms with Gasteiger partial charge < -0.3 is 10.6 Å². The summed E-state index contributed by atoms with van der Waals surface area (Å²) in [6, 6.07) is 17.5. The Morgan fingerprint density at radius 1 is 0.818 bits per heavy atom. The molecule has 22 heavy (non-hydrogen) atoms. The van der Waals surface area contributed by atoms with Crippen LogP contribution in [0.4, 0.5) is 5.69 Å². The van der Waals surface area contributed by atoms with Gasteiger partial charge in [-0.05, 0) is 24.3 Å². The zero-order valence-electron chi connectivity index (χ0n) is 11.9. The first-order valence-electron chi connectivity index (χ1n) is 6.85. The number of anilines is 1. The van der Waals surface area contributed by atoms with E-state index in [2.05, 4.69) is 10.6 Å². The predicted molar refractivity (Wildman–Crippen MR) is 83.5 cm³/mol. The van der Waals surface area contributed by atoms with Crippen LogP contribution in [0.2, 0.25) is 0 Å². The van der Waals surface area contributed by atoms with Crippen molar-refractivity contribution in [3.63, 3.8) is 0 Å². The minimum Gasteiger partial charge on any atom is -0.345 e. The molecule has 0 radical (unpaired) electrons. The van der Waals surface area contributed by atoms with Crippen LogP contribution in [0.15, 0.2) is 60.7 Å². The first kappa shape index (κ1) is 15.4. The molecule has 0 saturated heterocycles. The fraction of sp³-hybridized carbons (Fsp3) is 0.118. The predicted octanol–water partition coefficient (Wildman–Crippen LogP) is 2.01. The smallest absolute Gasteiger partial charge is 0.251 e. The average molecular weight is 296 g/mol. The third-order valence-electron chi connectivity index (χ3n) is 2.90. The summed E-state index contributed by atoms with van der Waals surface area (Å²) in [5.74, 6) is -1.08. The zero-order valence-corrected chi connectivity index (χ0v) is 11.9. The highest BCUT2D eigenvalue weighted by Gasteiger charge is 2.11. The maximum Gasteiger partial charge on any atom is 0.251 e. The SMILES string of the molecule is O=C(CNC(=O)c1ccccc1)CC(=O)Nc1ccccc1. The second-order valence-electron chi connectivity index (χ2n) is 4.68. The number of carbonyl (C=O) groups is 3. The van der Waals surface area contributed by atoms with Crippen molar-refractivity contribution in [1.82, 2.24) is 5.32 Å². The zero-order chi connectivity index (χ0) is 15.8. The summed E-state index contributed by atoms with van der Waals surface area (Å²) < 4.78 is 0. The van der Waals surface area contributed by atoms with E-state index in [1.54, 1.807) is 54.6 Å². The second-order valence-corrected chi connectivity index (χ2v) is 4.68. The Hall–Kier alpha value is -2.95. The number of carbonyl (C=O) groups excluding carboxylic acids is 3. The number of benzene rings is 2. The summed E-state index contributed by atoms with van der Waals surface area (Å²) >= 11 is 0. The lowest BCUT2D eigenvalue weighted by Gasteiger charge is -2.06. The molecule has 0 bridgehead atoms. The summed E-state index contributed by atoms with van der Waals surface area (Å²) in [4.78, 5) is 35.2. The van der Waals surface area contributed by atoms with Crippen molar-refractivity contribution in [2.75, 3.05) is 11.9 Å². The molecule has 0 aliphatic heterocycles. The molecule has 2 amide bonds. The molecule has 5 nitrogen and oxygen atoms in total. The van der Waals surface area contributed by atoms with E-state index >= 15 is 0 Å². The summed E-state index contributed by atoms with van der Waals surface area (Å²) in [7, 11) is 0. The molecule has 2 aromatic carbocycles. The van der Waals surface area contributed by atoms with E-state index in [0.29, 0.717) is 11.3 Å². The normalized spacial score (nSPS) is 9.82. The number of hydrogen-bond acceptors (Lipinski definition) is 3. The molecule has 2 aromatic rings. The van der Waals surface area contributed by atoms with Crippen LogP contribution in [0.5, 0.6) is 0 Å². The molecule has 0 aliphatic rings. The van der Waals surface area contributed by atoms with Crippen molar-refractivity contribution in [2.45, 2.75) is 6.42 Å². The van der Waals surface area contributed by atoms with Gasteiger partial charge in [0, 0.05) is 11.3 Å². The topological polar surface area (TPSA) is 75.3 Å². The van der Waals surface area contributed by atoms with Crippen molar-refractivity contribution in [3.05, 3.63) is 66.2 Å². The first-order chi connectivity index (χ1) is 10.6. The third-order valence-corrected chi connectivity index (χ3v) is 2.90. The number of amides is 2. The Bertz CT molecular complexity index is 654. The minimum atomic E-state index is -0.398. The average Bonchev–Trinajstić information content (AvgIpc) is 2.54. The van der Waals surface area contributed by atoms with E-state index in [-0.39, 0.29) is 24.7 Å². The van der Waals surface area contributed by atoms with E-state index in [1.165, 1.54) is 0 Å².